The molecule has 0 aliphatic rings. The topological polar surface area (TPSA) is 33.0 Å². The Bertz CT molecular complexity index is 193. The molecule has 0 saturated carbocycles. The Morgan fingerprint density at radius 1 is 1.20 bits per heavy atom. The van der Waals surface area contributed by atoms with Gasteiger partial charge < -0.3 is 4.74 Å². The highest BCUT2D eigenvalue weighted by molar-refractivity contribution is 4.84. The van der Waals surface area contributed by atoms with Gasteiger partial charge in [0.25, 0.3) is 0 Å². The van der Waals surface area contributed by atoms with Gasteiger partial charge in [-0.15, -0.1) is 0 Å². The van der Waals surface area contributed by atoms with Crippen molar-refractivity contribution < 1.29 is 4.74 Å². The molecule has 0 aliphatic carbocycles. The first-order valence-electron chi connectivity index (χ1n) is 6.01. The summed E-state index contributed by atoms with van der Waals surface area (Å²) in [5.74, 6) is 0. The fourth-order valence-electron chi connectivity index (χ4n) is 1.27. The van der Waals surface area contributed by atoms with Crippen LogP contribution < -0.4 is 0 Å². The van der Waals surface area contributed by atoms with Crippen LogP contribution >= 0.6 is 0 Å². The summed E-state index contributed by atoms with van der Waals surface area (Å²) in [5, 5.41) is 8.63. The van der Waals surface area contributed by atoms with Gasteiger partial charge in [0.2, 0.25) is 0 Å². The summed E-state index contributed by atoms with van der Waals surface area (Å²) in [4.78, 5) is 0. The molecule has 0 N–H and O–H groups in total. The van der Waals surface area contributed by atoms with Gasteiger partial charge in [-0.1, -0.05) is 38.8 Å². The van der Waals surface area contributed by atoms with Crippen molar-refractivity contribution in [1.82, 2.24) is 0 Å². The molecule has 0 fully saturated rings. The molecule has 0 rings (SSSR count). The SMILES string of the molecule is CCCCC/C=C\CCOC(C#N)CC. The second-order valence-corrected chi connectivity index (χ2v) is 3.65. The fourth-order valence-corrected chi connectivity index (χ4v) is 1.27. The summed E-state index contributed by atoms with van der Waals surface area (Å²) in [6.07, 6.45) is 10.9. The Morgan fingerprint density at radius 3 is 2.53 bits per heavy atom. The van der Waals surface area contributed by atoms with Crippen molar-refractivity contribution in [3.63, 3.8) is 0 Å². The zero-order valence-electron chi connectivity index (χ0n) is 10.0. The molecule has 0 saturated heterocycles. The van der Waals surface area contributed by atoms with Crippen LogP contribution in [0, 0.1) is 11.3 Å². The molecule has 15 heavy (non-hydrogen) atoms. The molecule has 2 nitrogen and oxygen atoms in total. The van der Waals surface area contributed by atoms with Crippen LogP contribution in [0.5, 0.6) is 0 Å². The smallest absolute Gasteiger partial charge is 0.143 e. The van der Waals surface area contributed by atoms with E-state index in [-0.39, 0.29) is 6.10 Å². The lowest BCUT2D eigenvalue weighted by atomic mass is 10.2. The van der Waals surface area contributed by atoms with Crippen LogP contribution in [0.1, 0.15) is 52.4 Å². The lowest BCUT2D eigenvalue weighted by Gasteiger charge is -2.05. The molecule has 0 aromatic rings. The van der Waals surface area contributed by atoms with Crippen molar-refractivity contribution in [2.45, 2.75) is 58.5 Å². The van der Waals surface area contributed by atoms with E-state index in [2.05, 4.69) is 25.1 Å². The van der Waals surface area contributed by atoms with E-state index in [0.29, 0.717) is 6.61 Å². The van der Waals surface area contributed by atoms with Gasteiger partial charge in [-0.25, -0.2) is 0 Å². The zero-order valence-corrected chi connectivity index (χ0v) is 10.0. The maximum Gasteiger partial charge on any atom is 0.143 e. The molecule has 0 aromatic heterocycles. The number of hydrogen-bond acceptors (Lipinski definition) is 2. The van der Waals surface area contributed by atoms with Gasteiger partial charge in [-0.3, -0.25) is 0 Å². The van der Waals surface area contributed by atoms with Crippen LogP contribution in [-0.2, 0) is 4.74 Å². The quantitative estimate of drug-likeness (QED) is 0.427. The molecule has 0 heterocycles. The summed E-state index contributed by atoms with van der Waals surface area (Å²) in [7, 11) is 0. The van der Waals surface area contributed by atoms with Crippen molar-refractivity contribution in [3.8, 4) is 6.07 Å². The average molecular weight is 209 g/mol. The minimum atomic E-state index is -0.224. The van der Waals surface area contributed by atoms with Gasteiger partial charge in [-0.2, -0.15) is 5.26 Å². The fraction of sp³-hybridized carbons (Fsp3) is 0.769. The molecule has 0 radical (unpaired) electrons. The first-order chi connectivity index (χ1) is 7.35. The van der Waals surface area contributed by atoms with Crippen LogP contribution in [0.4, 0.5) is 0 Å². The normalized spacial score (nSPS) is 12.9. The summed E-state index contributed by atoms with van der Waals surface area (Å²) in [6.45, 7) is 4.84. The first kappa shape index (κ1) is 14.2. The molecule has 86 valence electrons. The average Bonchev–Trinajstić information content (AvgIpc) is 2.27. The number of rotatable bonds is 9. The van der Waals surface area contributed by atoms with Crippen LogP contribution in [0.15, 0.2) is 12.2 Å². The first-order valence-corrected chi connectivity index (χ1v) is 6.01. The molecular weight excluding hydrogens is 186 g/mol. The number of nitrogens with zero attached hydrogens (tertiary/aromatic N) is 1. The van der Waals surface area contributed by atoms with E-state index in [4.69, 9.17) is 10.00 Å². The molecule has 0 aliphatic heterocycles. The van der Waals surface area contributed by atoms with E-state index in [1.165, 1.54) is 25.7 Å². The summed E-state index contributed by atoms with van der Waals surface area (Å²) >= 11 is 0. The van der Waals surface area contributed by atoms with Crippen LogP contribution in [0.2, 0.25) is 0 Å². The molecule has 1 unspecified atom stereocenters. The van der Waals surface area contributed by atoms with Crippen LogP contribution in [0.3, 0.4) is 0 Å². The Morgan fingerprint density at radius 2 is 1.93 bits per heavy atom. The van der Waals surface area contributed by atoms with E-state index in [0.717, 1.165) is 12.8 Å². The third kappa shape index (κ3) is 9.49. The Labute approximate surface area is 93.9 Å². The highest BCUT2D eigenvalue weighted by atomic mass is 16.5. The lowest BCUT2D eigenvalue weighted by molar-refractivity contribution is 0.0914. The van der Waals surface area contributed by atoms with Crippen molar-refractivity contribution in [2.75, 3.05) is 6.61 Å². The lowest BCUT2D eigenvalue weighted by Crippen LogP contribution is -2.09. The largest absolute Gasteiger partial charge is 0.363 e. The third-order valence-corrected chi connectivity index (χ3v) is 2.26. The minimum absolute atomic E-state index is 0.224. The predicted octanol–water partition coefficient (Wildman–Crippen LogP) is 3.83. The van der Waals surface area contributed by atoms with Gasteiger partial charge in [0.05, 0.1) is 12.7 Å². The predicted molar refractivity (Wildman–Crippen MR) is 63.5 cm³/mol. The number of unbranched alkanes of at least 4 members (excludes halogenated alkanes) is 3. The van der Waals surface area contributed by atoms with Crippen LogP contribution in [0.25, 0.3) is 0 Å². The Kier molecular flexibility index (Phi) is 10.7. The van der Waals surface area contributed by atoms with E-state index in [1.54, 1.807) is 0 Å². The Balaban J connectivity index is 3.26. The van der Waals surface area contributed by atoms with Crippen molar-refractivity contribution in [3.05, 3.63) is 12.2 Å². The Hall–Kier alpha value is -0.810. The van der Waals surface area contributed by atoms with E-state index < -0.39 is 0 Å². The molecular formula is C13H23NO. The molecule has 1 atom stereocenters. The second kappa shape index (κ2) is 11.3. The van der Waals surface area contributed by atoms with Crippen molar-refractivity contribution in [2.24, 2.45) is 0 Å². The van der Waals surface area contributed by atoms with Gasteiger partial charge in [-0.05, 0) is 25.7 Å². The van der Waals surface area contributed by atoms with Crippen molar-refractivity contribution in [1.29, 1.82) is 5.26 Å². The summed E-state index contributed by atoms with van der Waals surface area (Å²) in [5.41, 5.74) is 0. The van der Waals surface area contributed by atoms with Gasteiger partial charge in [0, 0.05) is 0 Å². The molecule has 0 amide bonds. The van der Waals surface area contributed by atoms with Gasteiger partial charge >= 0.3 is 0 Å². The second-order valence-electron chi connectivity index (χ2n) is 3.65. The molecule has 2 heteroatoms. The van der Waals surface area contributed by atoms with E-state index >= 15 is 0 Å². The highest BCUT2D eigenvalue weighted by Gasteiger charge is 2.01. The maximum atomic E-state index is 8.63. The van der Waals surface area contributed by atoms with Crippen molar-refractivity contribution >= 4 is 0 Å². The third-order valence-electron chi connectivity index (χ3n) is 2.26. The van der Waals surface area contributed by atoms with Crippen LogP contribution in [-0.4, -0.2) is 12.7 Å². The van der Waals surface area contributed by atoms with Gasteiger partial charge in [0.15, 0.2) is 0 Å². The summed E-state index contributed by atoms with van der Waals surface area (Å²) in [6, 6.07) is 2.12. The standard InChI is InChI=1S/C13H23NO/c1-3-5-6-7-8-9-10-11-15-13(4-2)12-14/h8-9,13H,3-7,10-11H2,1-2H3/b9-8-. The zero-order chi connectivity index (χ0) is 11.4. The van der Waals surface area contributed by atoms with E-state index in [9.17, 15) is 0 Å². The number of ether oxygens (including phenoxy) is 1. The maximum absolute atomic E-state index is 8.63. The molecule has 0 bridgehead atoms. The number of allylic oxidation sites excluding steroid dienone is 1. The minimum Gasteiger partial charge on any atom is -0.363 e. The monoisotopic (exact) mass is 209 g/mol. The summed E-state index contributed by atoms with van der Waals surface area (Å²) < 4.78 is 5.36. The number of hydrogen-bond donors (Lipinski definition) is 0. The number of nitriles is 1. The highest BCUT2D eigenvalue weighted by Crippen LogP contribution is 2.01. The molecule has 0 aromatic carbocycles. The van der Waals surface area contributed by atoms with Gasteiger partial charge in [0.1, 0.15) is 6.10 Å². The molecule has 0 spiro atoms. The van der Waals surface area contributed by atoms with E-state index in [1.807, 2.05) is 6.92 Å².